The molecule has 94 valence electrons. The second kappa shape index (κ2) is 5.14. The number of ether oxygens (including phenoxy) is 1. The van der Waals surface area contributed by atoms with Crippen LogP contribution in [0.1, 0.15) is 25.5 Å². The molecule has 2 N–H and O–H groups in total. The van der Waals surface area contributed by atoms with Crippen LogP contribution in [-0.4, -0.2) is 13.1 Å². The number of halogens is 2. The SMILES string of the molecule is COC(=O)C(C)(C)C(N)c1cc(Br)ccc1F. The monoisotopic (exact) mass is 303 g/mol. The number of methoxy groups -OCH3 is 1. The van der Waals surface area contributed by atoms with E-state index in [0.29, 0.717) is 4.47 Å². The number of hydrogen-bond acceptors (Lipinski definition) is 3. The van der Waals surface area contributed by atoms with E-state index in [9.17, 15) is 9.18 Å². The molecule has 1 unspecified atom stereocenters. The summed E-state index contributed by atoms with van der Waals surface area (Å²) in [6.45, 7) is 3.26. The topological polar surface area (TPSA) is 52.3 Å². The number of benzene rings is 1. The highest BCUT2D eigenvalue weighted by Crippen LogP contribution is 2.34. The summed E-state index contributed by atoms with van der Waals surface area (Å²) in [5.74, 6) is -0.901. The summed E-state index contributed by atoms with van der Waals surface area (Å²) in [5, 5.41) is 0. The first-order chi connectivity index (χ1) is 7.80. The molecule has 0 bridgehead atoms. The van der Waals surface area contributed by atoms with Crippen LogP contribution in [-0.2, 0) is 9.53 Å². The molecule has 0 aliphatic carbocycles. The molecule has 0 spiro atoms. The van der Waals surface area contributed by atoms with Gasteiger partial charge in [-0.05, 0) is 32.0 Å². The molecule has 0 aliphatic heterocycles. The smallest absolute Gasteiger partial charge is 0.313 e. The van der Waals surface area contributed by atoms with Gasteiger partial charge in [0.1, 0.15) is 5.82 Å². The van der Waals surface area contributed by atoms with E-state index in [0.717, 1.165) is 0 Å². The van der Waals surface area contributed by atoms with E-state index in [1.165, 1.54) is 13.2 Å². The van der Waals surface area contributed by atoms with Gasteiger partial charge in [0.2, 0.25) is 0 Å². The molecule has 0 heterocycles. The summed E-state index contributed by atoms with van der Waals surface area (Å²) in [7, 11) is 1.29. The number of rotatable bonds is 3. The van der Waals surface area contributed by atoms with Gasteiger partial charge in [-0.15, -0.1) is 0 Å². The molecule has 17 heavy (non-hydrogen) atoms. The molecule has 0 aliphatic rings. The van der Waals surface area contributed by atoms with Gasteiger partial charge < -0.3 is 10.5 Å². The zero-order valence-corrected chi connectivity index (χ0v) is 11.5. The van der Waals surface area contributed by atoms with E-state index in [1.54, 1.807) is 26.0 Å². The van der Waals surface area contributed by atoms with E-state index in [-0.39, 0.29) is 5.56 Å². The maximum Gasteiger partial charge on any atom is 0.313 e. The first kappa shape index (κ1) is 14.1. The van der Waals surface area contributed by atoms with Crippen molar-refractivity contribution in [3.8, 4) is 0 Å². The molecule has 0 saturated carbocycles. The van der Waals surface area contributed by atoms with Crippen LogP contribution in [0.4, 0.5) is 4.39 Å². The van der Waals surface area contributed by atoms with Crippen molar-refractivity contribution in [1.29, 1.82) is 0 Å². The third-order valence-corrected chi connectivity index (χ3v) is 3.28. The molecule has 0 fully saturated rings. The van der Waals surface area contributed by atoms with Gasteiger partial charge in [0, 0.05) is 16.1 Å². The van der Waals surface area contributed by atoms with Crippen LogP contribution in [0.2, 0.25) is 0 Å². The largest absolute Gasteiger partial charge is 0.469 e. The summed E-state index contributed by atoms with van der Waals surface area (Å²) in [6, 6.07) is 3.70. The highest BCUT2D eigenvalue weighted by atomic mass is 79.9. The third kappa shape index (κ3) is 2.84. The normalized spacial score (nSPS) is 13.3. The van der Waals surface area contributed by atoms with Crippen LogP contribution in [0.5, 0.6) is 0 Å². The number of hydrogen-bond donors (Lipinski definition) is 1. The Morgan fingerprint density at radius 2 is 2.12 bits per heavy atom. The molecule has 0 amide bonds. The summed E-state index contributed by atoms with van der Waals surface area (Å²) in [6.07, 6.45) is 0. The van der Waals surface area contributed by atoms with Gasteiger partial charge in [0.25, 0.3) is 0 Å². The second-order valence-electron chi connectivity index (χ2n) is 4.36. The van der Waals surface area contributed by atoms with E-state index in [2.05, 4.69) is 20.7 Å². The van der Waals surface area contributed by atoms with Gasteiger partial charge in [-0.1, -0.05) is 15.9 Å². The fraction of sp³-hybridized carbons (Fsp3) is 0.417. The Morgan fingerprint density at radius 3 is 2.65 bits per heavy atom. The lowest BCUT2D eigenvalue weighted by atomic mass is 9.81. The Hall–Kier alpha value is -0.940. The maximum absolute atomic E-state index is 13.7. The van der Waals surface area contributed by atoms with Crippen molar-refractivity contribution in [3.63, 3.8) is 0 Å². The Kier molecular flexibility index (Phi) is 4.27. The lowest BCUT2D eigenvalue weighted by Gasteiger charge is -2.29. The summed E-state index contributed by atoms with van der Waals surface area (Å²) >= 11 is 3.25. The quantitative estimate of drug-likeness (QED) is 0.874. The highest BCUT2D eigenvalue weighted by Gasteiger charge is 2.37. The Morgan fingerprint density at radius 1 is 1.53 bits per heavy atom. The molecule has 0 radical (unpaired) electrons. The van der Waals surface area contributed by atoms with Crippen LogP contribution in [0, 0.1) is 11.2 Å². The molecular weight excluding hydrogens is 289 g/mol. The summed E-state index contributed by atoms with van der Waals surface area (Å²) < 4.78 is 19.1. The molecule has 1 aromatic carbocycles. The number of carbonyl (C=O) groups excluding carboxylic acids is 1. The maximum atomic E-state index is 13.7. The lowest BCUT2D eigenvalue weighted by molar-refractivity contribution is -0.152. The predicted octanol–water partition coefficient (Wildman–Crippen LogP) is 2.79. The minimum atomic E-state index is -0.990. The number of esters is 1. The van der Waals surface area contributed by atoms with Crippen molar-refractivity contribution < 1.29 is 13.9 Å². The van der Waals surface area contributed by atoms with Crippen molar-refractivity contribution >= 4 is 21.9 Å². The Labute approximate surface area is 108 Å². The van der Waals surface area contributed by atoms with Crippen LogP contribution in [0.25, 0.3) is 0 Å². The van der Waals surface area contributed by atoms with E-state index < -0.39 is 23.2 Å². The highest BCUT2D eigenvalue weighted by molar-refractivity contribution is 9.10. The molecule has 5 heteroatoms. The molecule has 1 atom stereocenters. The Balaban J connectivity index is 3.15. The molecule has 1 aromatic rings. The van der Waals surface area contributed by atoms with Gasteiger partial charge in [0.15, 0.2) is 0 Å². The molecular formula is C12H15BrFNO2. The number of nitrogens with two attached hydrogens (primary N) is 1. The van der Waals surface area contributed by atoms with Gasteiger partial charge in [-0.2, -0.15) is 0 Å². The molecule has 3 nitrogen and oxygen atoms in total. The van der Waals surface area contributed by atoms with Gasteiger partial charge in [0.05, 0.1) is 12.5 Å². The molecule has 0 aromatic heterocycles. The standard InChI is InChI=1S/C12H15BrFNO2/c1-12(2,11(16)17-3)10(15)8-6-7(13)4-5-9(8)14/h4-6,10H,15H2,1-3H3. The third-order valence-electron chi connectivity index (χ3n) is 2.78. The summed E-state index contributed by atoms with van der Waals surface area (Å²) in [4.78, 5) is 11.6. The lowest BCUT2D eigenvalue weighted by Crippen LogP contribution is -2.37. The first-order valence-corrected chi connectivity index (χ1v) is 5.89. The van der Waals surface area contributed by atoms with Crippen LogP contribution in [0.15, 0.2) is 22.7 Å². The predicted molar refractivity (Wildman–Crippen MR) is 66.8 cm³/mol. The average Bonchev–Trinajstić information content (AvgIpc) is 2.30. The van der Waals surface area contributed by atoms with Crippen LogP contribution >= 0.6 is 15.9 Å². The Bertz CT molecular complexity index is 435. The second-order valence-corrected chi connectivity index (χ2v) is 5.27. The molecule has 0 saturated heterocycles. The fourth-order valence-corrected chi connectivity index (χ4v) is 1.91. The fourth-order valence-electron chi connectivity index (χ4n) is 1.53. The van der Waals surface area contributed by atoms with E-state index >= 15 is 0 Å². The average molecular weight is 304 g/mol. The zero-order valence-electron chi connectivity index (χ0n) is 9.96. The van der Waals surface area contributed by atoms with E-state index in [4.69, 9.17) is 5.73 Å². The zero-order chi connectivity index (χ0) is 13.2. The number of carbonyl (C=O) groups is 1. The summed E-state index contributed by atoms with van der Waals surface area (Å²) in [5.41, 5.74) is 5.25. The van der Waals surface area contributed by atoms with Crippen molar-refractivity contribution in [2.75, 3.05) is 7.11 Å². The minimum Gasteiger partial charge on any atom is -0.469 e. The van der Waals surface area contributed by atoms with Crippen molar-refractivity contribution in [1.82, 2.24) is 0 Å². The molecule has 1 rings (SSSR count). The van der Waals surface area contributed by atoms with Crippen molar-refractivity contribution in [2.24, 2.45) is 11.1 Å². The van der Waals surface area contributed by atoms with Gasteiger partial charge in [-0.25, -0.2) is 4.39 Å². The van der Waals surface area contributed by atoms with Gasteiger partial charge >= 0.3 is 5.97 Å². The van der Waals surface area contributed by atoms with E-state index in [1.807, 2.05) is 0 Å². The minimum absolute atomic E-state index is 0.287. The van der Waals surface area contributed by atoms with Crippen LogP contribution < -0.4 is 5.73 Å². The van der Waals surface area contributed by atoms with Crippen molar-refractivity contribution in [2.45, 2.75) is 19.9 Å². The van der Waals surface area contributed by atoms with Crippen molar-refractivity contribution in [3.05, 3.63) is 34.1 Å². The first-order valence-electron chi connectivity index (χ1n) is 5.09. The van der Waals surface area contributed by atoms with Gasteiger partial charge in [-0.3, -0.25) is 4.79 Å². The van der Waals surface area contributed by atoms with Crippen LogP contribution in [0.3, 0.4) is 0 Å².